The highest BCUT2D eigenvalue weighted by atomic mass is 35.5. The van der Waals surface area contributed by atoms with E-state index in [1.54, 1.807) is 13.8 Å². The van der Waals surface area contributed by atoms with Crippen molar-refractivity contribution in [3.63, 3.8) is 0 Å². The van der Waals surface area contributed by atoms with E-state index in [1.807, 2.05) is 0 Å². The van der Waals surface area contributed by atoms with E-state index in [9.17, 15) is 13.2 Å². The highest BCUT2D eigenvalue weighted by molar-refractivity contribution is 7.89. The number of aryl methyl sites for hydroxylation is 1. The zero-order chi connectivity index (χ0) is 15.1. The van der Waals surface area contributed by atoms with Crippen LogP contribution in [-0.4, -0.2) is 37.8 Å². The molecule has 110 valence electrons. The standard InChI is InChI=1S/C12H16ClN3O3S/c1-7-5-9(6-10(14)11(7)13)20(18,19)16-4-3-15-12(17)8(16)2/h5-6,8H,3-4,14H2,1-2H3,(H,15,17). The smallest absolute Gasteiger partial charge is 0.243 e. The fourth-order valence-electron chi connectivity index (χ4n) is 2.14. The third-order valence-corrected chi connectivity index (χ3v) is 5.77. The number of hydrogen-bond acceptors (Lipinski definition) is 4. The Morgan fingerprint density at radius 1 is 1.45 bits per heavy atom. The molecule has 1 aliphatic heterocycles. The SMILES string of the molecule is Cc1cc(S(=O)(=O)N2CCNC(=O)C2C)cc(N)c1Cl. The molecule has 0 bridgehead atoms. The van der Waals surface area contributed by atoms with E-state index in [-0.39, 0.29) is 23.0 Å². The second-order valence-corrected chi connectivity index (χ2v) is 6.99. The third kappa shape index (κ3) is 2.48. The molecule has 1 aromatic carbocycles. The number of amides is 1. The number of halogens is 1. The molecule has 1 aromatic rings. The number of anilines is 1. The first-order valence-corrected chi connectivity index (χ1v) is 7.92. The van der Waals surface area contributed by atoms with Gasteiger partial charge < -0.3 is 11.1 Å². The van der Waals surface area contributed by atoms with E-state index in [0.717, 1.165) is 0 Å². The molecule has 1 atom stereocenters. The summed E-state index contributed by atoms with van der Waals surface area (Å²) in [6.07, 6.45) is 0. The quantitative estimate of drug-likeness (QED) is 0.787. The summed E-state index contributed by atoms with van der Waals surface area (Å²) >= 11 is 5.94. The van der Waals surface area contributed by atoms with Crippen molar-refractivity contribution in [3.8, 4) is 0 Å². The normalized spacial score (nSPS) is 20.8. The lowest BCUT2D eigenvalue weighted by Crippen LogP contribution is -2.55. The number of piperazine rings is 1. The predicted octanol–water partition coefficient (Wildman–Crippen LogP) is 0.740. The highest BCUT2D eigenvalue weighted by Crippen LogP contribution is 2.29. The van der Waals surface area contributed by atoms with Gasteiger partial charge in [0.25, 0.3) is 0 Å². The van der Waals surface area contributed by atoms with Gasteiger partial charge in [0, 0.05) is 13.1 Å². The topological polar surface area (TPSA) is 92.5 Å². The average Bonchev–Trinajstić information content (AvgIpc) is 2.38. The van der Waals surface area contributed by atoms with Crippen LogP contribution in [0.4, 0.5) is 5.69 Å². The summed E-state index contributed by atoms with van der Waals surface area (Å²) in [5, 5.41) is 2.97. The summed E-state index contributed by atoms with van der Waals surface area (Å²) in [4.78, 5) is 11.7. The fourth-order valence-corrected chi connectivity index (χ4v) is 3.96. The fraction of sp³-hybridized carbons (Fsp3) is 0.417. The third-order valence-electron chi connectivity index (χ3n) is 3.31. The summed E-state index contributed by atoms with van der Waals surface area (Å²) < 4.78 is 26.4. The van der Waals surface area contributed by atoms with Gasteiger partial charge in [0.15, 0.2) is 0 Å². The number of sulfonamides is 1. The zero-order valence-corrected chi connectivity index (χ0v) is 12.8. The van der Waals surface area contributed by atoms with E-state index in [4.69, 9.17) is 17.3 Å². The van der Waals surface area contributed by atoms with Crippen LogP contribution in [0.1, 0.15) is 12.5 Å². The number of carbonyl (C=O) groups excluding carboxylic acids is 1. The molecular weight excluding hydrogens is 302 g/mol. The van der Waals surface area contributed by atoms with Crippen LogP contribution in [0.25, 0.3) is 0 Å². The number of benzene rings is 1. The minimum absolute atomic E-state index is 0.0541. The van der Waals surface area contributed by atoms with Crippen LogP contribution in [0.2, 0.25) is 5.02 Å². The van der Waals surface area contributed by atoms with Gasteiger partial charge in [0.1, 0.15) is 6.04 Å². The predicted molar refractivity (Wildman–Crippen MR) is 77.0 cm³/mol. The summed E-state index contributed by atoms with van der Waals surface area (Å²) in [6.45, 7) is 3.77. The molecule has 1 saturated heterocycles. The highest BCUT2D eigenvalue weighted by Gasteiger charge is 2.35. The van der Waals surface area contributed by atoms with Gasteiger partial charge in [-0.05, 0) is 31.5 Å². The van der Waals surface area contributed by atoms with Gasteiger partial charge in [0.2, 0.25) is 15.9 Å². The average molecular weight is 318 g/mol. The lowest BCUT2D eigenvalue weighted by atomic mass is 10.2. The van der Waals surface area contributed by atoms with Crippen molar-refractivity contribution >= 4 is 33.2 Å². The maximum absolute atomic E-state index is 12.6. The van der Waals surface area contributed by atoms with Gasteiger partial charge in [-0.3, -0.25) is 4.79 Å². The molecule has 8 heteroatoms. The summed E-state index contributed by atoms with van der Waals surface area (Å²) in [5.74, 6) is -0.307. The van der Waals surface area contributed by atoms with Crippen LogP contribution in [0.5, 0.6) is 0 Å². The van der Waals surface area contributed by atoms with E-state index in [0.29, 0.717) is 17.1 Å². The van der Waals surface area contributed by atoms with Crippen molar-refractivity contribution in [3.05, 3.63) is 22.7 Å². The number of nitrogens with zero attached hydrogens (tertiary/aromatic N) is 1. The van der Waals surface area contributed by atoms with Gasteiger partial charge >= 0.3 is 0 Å². The Labute approximate surface area is 122 Å². The van der Waals surface area contributed by atoms with E-state index in [1.165, 1.54) is 16.4 Å². The van der Waals surface area contributed by atoms with Crippen molar-refractivity contribution in [2.45, 2.75) is 24.8 Å². The molecule has 1 aliphatic rings. The zero-order valence-electron chi connectivity index (χ0n) is 11.2. The lowest BCUT2D eigenvalue weighted by molar-refractivity contribution is -0.126. The van der Waals surface area contributed by atoms with Crippen LogP contribution in [0.15, 0.2) is 17.0 Å². The van der Waals surface area contributed by atoms with Crippen LogP contribution in [0, 0.1) is 6.92 Å². The molecule has 3 N–H and O–H groups in total. The van der Waals surface area contributed by atoms with E-state index < -0.39 is 16.1 Å². The van der Waals surface area contributed by atoms with Gasteiger partial charge in [-0.15, -0.1) is 0 Å². The van der Waals surface area contributed by atoms with Gasteiger partial charge in [0.05, 0.1) is 15.6 Å². The van der Waals surface area contributed by atoms with Crippen molar-refractivity contribution in [1.82, 2.24) is 9.62 Å². The number of nitrogen functional groups attached to an aromatic ring is 1. The molecule has 1 fully saturated rings. The largest absolute Gasteiger partial charge is 0.397 e. The Kier molecular flexibility index (Phi) is 3.95. The summed E-state index contributed by atoms with van der Waals surface area (Å²) in [6, 6.07) is 2.04. The maximum atomic E-state index is 12.6. The van der Waals surface area contributed by atoms with Crippen molar-refractivity contribution in [2.24, 2.45) is 0 Å². The molecule has 1 heterocycles. The summed E-state index contributed by atoms with van der Waals surface area (Å²) in [7, 11) is -3.77. The maximum Gasteiger partial charge on any atom is 0.243 e. The molecule has 0 radical (unpaired) electrons. The first kappa shape index (κ1) is 15.1. The lowest BCUT2D eigenvalue weighted by Gasteiger charge is -2.31. The summed E-state index contributed by atoms with van der Waals surface area (Å²) in [5.41, 5.74) is 6.51. The molecule has 20 heavy (non-hydrogen) atoms. The Morgan fingerprint density at radius 3 is 2.70 bits per heavy atom. The molecule has 0 aliphatic carbocycles. The number of nitrogens with one attached hydrogen (secondary N) is 1. The van der Waals surface area contributed by atoms with Crippen LogP contribution in [0.3, 0.4) is 0 Å². The second-order valence-electron chi connectivity index (χ2n) is 4.73. The minimum Gasteiger partial charge on any atom is -0.397 e. The Morgan fingerprint density at radius 2 is 2.10 bits per heavy atom. The van der Waals surface area contributed by atoms with E-state index in [2.05, 4.69) is 5.32 Å². The first-order chi connectivity index (χ1) is 9.25. The van der Waals surface area contributed by atoms with Crippen molar-refractivity contribution in [2.75, 3.05) is 18.8 Å². The number of nitrogens with two attached hydrogens (primary N) is 1. The van der Waals surface area contributed by atoms with Gasteiger partial charge in [-0.25, -0.2) is 8.42 Å². The molecule has 6 nitrogen and oxygen atoms in total. The van der Waals surface area contributed by atoms with Gasteiger partial charge in [-0.1, -0.05) is 11.6 Å². The molecule has 0 spiro atoms. The molecule has 0 saturated carbocycles. The molecule has 2 rings (SSSR count). The monoisotopic (exact) mass is 317 g/mol. The van der Waals surface area contributed by atoms with Gasteiger partial charge in [-0.2, -0.15) is 4.31 Å². The first-order valence-electron chi connectivity index (χ1n) is 6.10. The van der Waals surface area contributed by atoms with E-state index >= 15 is 0 Å². The second kappa shape index (κ2) is 5.23. The molecule has 0 aromatic heterocycles. The van der Waals surface area contributed by atoms with Crippen molar-refractivity contribution in [1.29, 1.82) is 0 Å². The van der Waals surface area contributed by atoms with Crippen molar-refractivity contribution < 1.29 is 13.2 Å². The number of rotatable bonds is 2. The molecule has 1 unspecified atom stereocenters. The van der Waals surface area contributed by atoms with Crippen LogP contribution >= 0.6 is 11.6 Å². The minimum atomic E-state index is -3.77. The van der Waals surface area contributed by atoms with Crippen LogP contribution in [-0.2, 0) is 14.8 Å². The Balaban J connectivity index is 2.47. The number of hydrogen-bond donors (Lipinski definition) is 2. The Bertz CT molecular complexity index is 637. The number of carbonyl (C=O) groups is 1. The Hall–Kier alpha value is -1.31. The molecule has 1 amide bonds. The molecular formula is C12H16ClN3O3S. The van der Waals surface area contributed by atoms with Crippen LogP contribution < -0.4 is 11.1 Å².